The minimum atomic E-state index is -0.250. The van der Waals surface area contributed by atoms with Crippen LogP contribution in [-0.2, 0) is 6.54 Å². The molecule has 0 unspecified atom stereocenters. The highest BCUT2D eigenvalue weighted by Gasteiger charge is 2.07. The molecular formula is C14H10BrN3O. The van der Waals surface area contributed by atoms with E-state index in [1.165, 1.54) is 18.5 Å². The fourth-order valence-corrected chi connectivity index (χ4v) is 1.97. The smallest absolute Gasteiger partial charge is 0.253 e. The Morgan fingerprint density at radius 2 is 2.16 bits per heavy atom. The number of nitrogens with one attached hydrogen (secondary N) is 1. The number of hydrogen-bond acceptors (Lipinski definition) is 3. The third-order valence-electron chi connectivity index (χ3n) is 2.53. The summed E-state index contributed by atoms with van der Waals surface area (Å²) in [6.07, 6.45) is 2.86. The van der Waals surface area contributed by atoms with Crippen molar-refractivity contribution in [2.45, 2.75) is 6.54 Å². The van der Waals surface area contributed by atoms with Crippen LogP contribution in [0.2, 0.25) is 0 Å². The predicted octanol–water partition coefficient (Wildman–Crippen LogP) is 2.65. The summed E-state index contributed by atoms with van der Waals surface area (Å²) in [4.78, 5) is 15.8. The highest BCUT2D eigenvalue weighted by Crippen LogP contribution is 2.15. The molecule has 0 radical (unpaired) electrons. The van der Waals surface area contributed by atoms with E-state index in [1.54, 1.807) is 0 Å². The number of carbonyl (C=O) groups excluding carboxylic acids is 1. The summed E-state index contributed by atoms with van der Waals surface area (Å²) in [5.74, 6) is -0.250. The van der Waals surface area contributed by atoms with Crippen LogP contribution in [0, 0.1) is 11.3 Å². The van der Waals surface area contributed by atoms with Crippen LogP contribution in [0.3, 0.4) is 0 Å². The van der Waals surface area contributed by atoms with Crippen molar-refractivity contribution in [1.29, 1.82) is 5.26 Å². The Kier molecular flexibility index (Phi) is 4.26. The van der Waals surface area contributed by atoms with Gasteiger partial charge in [-0.05, 0) is 17.7 Å². The van der Waals surface area contributed by atoms with Crippen molar-refractivity contribution in [2.75, 3.05) is 0 Å². The molecule has 1 aromatic carbocycles. The van der Waals surface area contributed by atoms with Gasteiger partial charge in [-0.15, -0.1) is 0 Å². The average Bonchev–Trinajstić information content (AvgIpc) is 2.46. The normalized spacial score (nSPS) is 9.68. The number of aromatic nitrogens is 1. The molecule has 0 aliphatic carbocycles. The van der Waals surface area contributed by atoms with E-state index in [2.05, 4.69) is 26.2 Å². The number of nitriles is 1. The quantitative estimate of drug-likeness (QED) is 0.946. The largest absolute Gasteiger partial charge is 0.348 e. The van der Waals surface area contributed by atoms with E-state index >= 15 is 0 Å². The van der Waals surface area contributed by atoms with E-state index in [1.807, 2.05) is 30.3 Å². The van der Waals surface area contributed by atoms with Crippen LogP contribution in [0.5, 0.6) is 0 Å². The van der Waals surface area contributed by atoms with Gasteiger partial charge in [-0.25, -0.2) is 0 Å². The zero-order valence-electron chi connectivity index (χ0n) is 9.93. The first kappa shape index (κ1) is 13.2. The van der Waals surface area contributed by atoms with Gasteiger partial charge in [0.05, 0.1) is 11.1 Å². The van der Waals surface area contributed by atoms with Gasteiger partial charge in [0.1, 0.15) is 6.07 Å². The van der Waals surface area contributed by atoms with Gasteiger partial charge in [0.15, 0.2) is 0 Å². The van der Waals surface area contributed by atoms with Crippen molar-refractivity contribution in [2.24, 2.45) is 0 Å². The summed E-state index contributed by atoms with van der Waals surface area (Å²) in [7, 11) is 0. The lowest BCUT2D eigenvalue weighted by molar-refractivity contribution is 0.0950. The summed E-state index contributed by atoms with van der Waals surface area (Å²) in [6, 6.07) is 11.1. The van der Waals surface area contributed by atoms with Gasteiger partial charge in [-0.2, -0.15) is 5.26 Å². The molecule has 1 aromatic heterocycles. The molecule has 0 saturated heterocycles. The van der Waals surface area contributed by atoms with Crippen LogP contribution in [0.25, 0.3) is 0 Å². The molecule has 4 nitrogen and oxygen atoms in total. The maximum Gasteiger partial charge on any atom is 0.253 e. The van der Waals surface area contributed by atoms with Gasteiger partial charge in [0.25, 0.3) is 5.91 Å². The first-order valence-corrected chi connectivity index (χ1v) is 6.37. The summed E-state index contributed by atoms with van der Waals surface area (Å²) in [5.41, 5.74) is 1.74. The molecule has 2 aromatic rings. The Hall–Kier alpha value is -2.19. The van der Waals surface area contributed by atoms with E-state index < -0.39 is 0 Å². The Balaban J connectivity index is 2.06. The van der Waals surface area contributed by atoms with Crippen LogP contribution < -0.4 is 5.32 Å². The molecule has 0 aliphatic heterocycles. The van der Waals surface area contributed by atoms with Crippen LogP contribution in [0.4, 0.5) is 0 Å². The molecule has 19 heavy (non-hydrogen) atoms. The molecule has 94 valence electrons. The van der Waals surface area contributed by atoms with Gasteiger partial charge < -0.3 is 5.32 Å². The number of nitrogens with zero attached hydrogens (tertiary/aromatic N) is 2. The minimum absolute atomic E-state index is 0.250. The molecule has 1 amide bonds. The molecule has 2 rings (SSSR count). The van der Waals surface area contributed by atoms with Crippen molar-refractivity contribution < 1.29 is 4.79 Å². The van der Waals surface area contributed by atoms with Gasteiger partial charge in [0.2, 0.25) is 0 Å². The standard InChI is InChI=1S/C14H10BrN3O/c15-13-4-2-1-3-11(13)9-18-14(19)12-5-10(6-16)7-17-8-12/h1-5,7-8H,9H2,(H,18,19). The second-order valence-electron chi connectivity index (χ2n) is 3.85. The van der Waals surface area contributed by atoms with E-state index in [0.29, 0.717) is 17.7 Å². The Morgan fingerprint density at radius 3 is 2.89 bits per heavy atom. The summed E-state index contributed by atoms with van der Waals surface area (Å²) < 4.78 is 0.944. The van der Waals surface area contributed by atoms with E-state index in [0.717, 1.165) is 10.0 Å². The lowest BCUT2D eigenvalue weighted by Crippen LogP contribution is -2.23. The molecule has 0 fully saturated rings. The molecule has 0 atom stereocenters. The Labute approximate surface area is 119 Å². The fourth-order valence-electron chi connectivity index (χ4n) is 1.54. The zero-order valence-corrected chi connectivity index (χ0v) is 11.5. The molecule has 1 heterocycles. The first-order chi connectivity index (χ1) is 9.20. The van der Waals surface area contributed by atoms with E-state index in [-0.39, 0.29) is 5.91 Å². The van der Waals surface area contributed by atoms with Crippen molar-refractivity contribution in [1.82, 2.24) is 10.3 Å². The van der Waals surface area contributed by atoms with E-state index in [4.69, 9.17) is 5.26 Å². The average molecular weight is 316 g/mol. The van der Waals surface area contributed by atoms with Crippen LogP contribution in [-0.4, -0.2) is 10.9 Å². The lowest BCUT2D eigenvalue weighted by atomic mass is 10.2. The molecule has 0 bridgehead atoms. The monoisotopic (exact) mass is 315 g/mol. The number of benzene rings is 1. The van der Waals surface area contributed by atoms with Crippen molar-refractivity contribution in [3.8, 4) is 6.07 Å². The minimum Gasteiger partial charge on any atom is -0.348 e. The van der Waals surface area contributed by atoms with Gasteiger partial charge in [0, 0.05) is 23.4 Å². The number of pyridine rings is 1. The van der Waals surface area contributed by atoms with Crippen molar-refractivity contribution in [3.05, 3.63) is 63.9 Å². The molecule has 0 saturated carbocycles. The second-order valence-corrected chi connectivity index (χ2v) is 4.70. The highest BCUT2D eigenvalue weighted by atomic mass is 79.9. The third kappa shape index (κ3) is 3.39. The predicted molar refractivity (Wildman–Crippen MR) is 74.3 cm³/mol. The van der Waals surface area contributed by atoms with Crippen LogP contribution in [0.15, 0.2) is 47.2 Å². The number of carbonyl (C=O) groups is 1. The maximum atomic E-state index is 11.9. The highest BCUT2D eigenvalue weighted by molar-refractivity contribution is 9.10. The number of halogens is 1. The molecule has 0 spiro atoms. The van der Waals surface area contributed by atoms with Crippen LogP contribution >= 0.6 is 15.9 Å². The zero-order chi connectivity index (χ0) is 13.7. The van der Waals surface area contributed by atoms with Gasteiger partial charge in [-0.1, -0.05) is 34.1 Å². The molecule has 1 N–H and O–H groups in total. The second kappa shape index (κ2) is 6.12. The first-order valence-electron chi connectivity index (χ1n) is 5.57. The summed E-state index contributed by atoms with van der Waals surface area (Å²) >= 11 is 3.42. The lowest BCUT2D eigenvalue weighted by Gasteiger charge is -2.07. The fraction of sp³-hybridized carbons (Fsp3) is 0.0714. The van der Waals surface area contributed by atoms with Gasteiger partial charge >= 0.3 is 0 Å². The Morgan fingerprint density at radius 1 is 1.37 bits per heavy atom. The third-order valence-corrected chi connectivity index (χ3v) is 3.30. The molecular weight excluding hydrogens is 306 g/mol. The van der Waals surface area contributed by atoms with Crippen molar-refractivity contribution in [3.63, 3.8) is 0 Å². The number of rotatable bonds is 3. The Bertz CT molecular complexity index is 649. The SMILES string of the molecule is N#Cc1cncc(C(=O)NCc2ccccc2Br)c1. The number of amides is 1. The topological polar surface area (TPSA) is 65.8 Å². The van der Waals surface area contributed by atoms with Crippen LogP contribution in [0.1, 0.15) is 21.5 Å². The molecule has 0 aliphatic rings. The van der Waals surface area contributed by atoms with Crippen molar-refractivity contribution >= 4 is 21.8 Å². The van der Waals surface area contributed by atoms with E-state index in [9.17, 15) is 4.79 Å². The molecule has 5 heteroatoms. The number of hydrogen-bond donors (Lipinski definition) is 1. The summed E-state index contributed by atoms with van der Waals surface area (Å²) in [5, 5.41) is 11.5. The summed E-state index contributed by atoms with van der Waals surface area (Å²) in [6.45, 7) is 0.414. The maximum absolute atomic E-state index is 11.9. The van der Waals surface area contributed by atoms with Gasteiger partial charge in [-0.3, -0.25) is 9.78 Å².